The molecule has 0 saturated carbocycles. The molecule has 0 radical (unpaired) electrons. The second-order valence-electron chi connectivity index (χ2n) is 7.15. The van der Waals surface area contributed by atoms with Gasteiger partial charge in [-0.2, -0.15) is 0 Å². The zero-order chi connectivity index (χ0) is 17.8. The first-order chi connectivity index (χ1) is 12.8. The number of hydrogen-bond donors (Lipinski definition) is 1. The first-order valence-electron chi connectivity index (χ1n) is 9.84. The van der Waals surface area contributed by atoms with Crippen LogP contribution in [0.15, 0.2) is 29.3 Å². The second-order valence-corrected chi connectivity index (χ2v) is 7.15. The topological polar surface area (TPSA) is 55.3 Å². The van der Waals surface area contributed by atoms with Gasteiger partial charge < -0.3 is 24.4 Å². The number of nitrogens with zero attached hydrogens (tertiary/aromatic N) is 2. The number of aliphatic imine (C=N–C) groups is 1. The Hall–Kier alpha value is -1.06. The van der Waals surface area contributed by atoms with Crippen LogP contribution in [0.4, 0.5) is 0 Å². The molecule has 4 rings (SSSR count). The second kappa shape index (κ2) is 9.93. The van der Waals surface area contributed by atoms with Gasteiger partial charge in [-0.15, -0.1) is 24.0 Å². The average Bonchev–Trinajstić information content (AvgIpc) is 3.34. The van der Waals surface area contributed by atoms with E-state index in [1.54, 1.807) is 0 Å². The van der Waals surface area contributed by atoms with E-state index >= 15 is 0 Å². The lowest BCUT2D eigenvalue weighted by Crippen LogP contribution is -2.53. The van der Waals surface area contributed by atoms with E-state index in [-0.39, 0.29) is 42.3 Å². The summed E-state index contributed by atoms with van der Waals surface area (Å²) in [6.07, 6.45) is 3.66. The predicted molar refractivity (Wildman–Crippen MR) is 116 cm³/mol. The monoisotopic (exact) mass is 487 g/mol. The molecule has 2 saturated heterocycles. The minimum atomic E-state index is 0. The lowest BCUT2D eigenvalue weighted by Gasteiger charge is -2.37. The number of halogens is 1. The number of nitrogens with one attached hydrogen (secondary N) is 1. The van der Waals surface area contributed by atoms with Crippen molar-refractivity contribution in [3.63, 3.8) is 0 Å². The maximum atomic E-state index is 6.03. The fraction of sp³-hybridized carbons (Fsp3) is 0.650. The third-order valence-corrected chi connectivity index (χ3v) is 5.27. The van der Waals surface area contributed by atoms with Gasteiger partial charge in [-0.05, 0) is 31.4 Å². The summed E-state index contributed by atoms with van der Waals surface area (Å²) in [5, 5.41) is 3.43. The molecule has 0 aliphatic carbocycles. The number of rotatable bonds is 4. The molecule has 27 heavy (non-hydrogen) atoms. The quantitative estimate of drug-likeness (QED) is 0.402. The van der Waals surface area contributed by atoms with E-state index in [2.05, 4.69) is 29.3 Å². The Balaban J connectivity index is 0.00000210. The van der Waals surface area contributed by atoms with Crippen molar-refractivity contribution in [1.29, 1.82) is 0 Å². The Labute approximate surface area is 178 Å². The highest BCUT2D eigenvalue weighted by atomic mass is 127. The van der Waals surface area contributed by atoms with Crippen LogP contribution in [-0.2, 0) is 15.9 Å². The van der Waals surface area contributed by atoms with E-state index in [1.807, 2.05) is 12.1 Å². The molecule has 1 N–H and O–H groups in total. The first kappa shape index (κ1) is 20.7. The summed E-state index contributed by atoms with van der Waals surface area (Å²) in [5.41, 5.74) is 1.28. The molecule has 0 spiro atoms. The van der Waals surface area contributed by atoms with Gasteiger partial charge in [0.05, 0.1) is 19.3 Å². The van der Waals surface area contributed by atoms with Gasteiger partial charge in [0.25, 0.3) is 0 Å². The zero-order valence-electron chi connectivity index (χ0n) is 15.9. The largest absolute Gasteiger partial charge is 0.488 e. The third kappa shape index (κ3) is 5.06. The van der Waals surface area contributed by atoms with Gasteiger partial charge in [0.1, 0.15) is 18.0 Å². The fourth-order valence-corrected chi connectivity index (χ4v) is 3.96. The minimum absolute atomic E-state index is 0. The number of ether oxygens (including phenoxy) is 3. The summed E-state index contributed by atoms with van der Waals surface area (Å²) in [7, 11) is 0. The molecule has 3 aliphatic heterocycles. The molecule has 1 aromatic carbocycles. The molecule has 3 aliphatic rings. The minimum Gasteiger partial charge on any atom is -0.488 e. The Bertz CT molecular complexity index is 612. The van der Waals surface area contributed by atoms with Crippen LogP contribution in [0, 0.1) is 0 Å². The van der Waals surface area contributed by atoms with Crippen molar-refractivity contribution in [2.75, 3.05) is 39.4 Å². The maximum absolute atomic E-state index is 6.03. The van der Waals surface area contributed by atoms with Crippen molar-refractivity contribution in [3.8, 4) is 5.75 Å². The third-order valence-electron chi connectivity index (χ3n) is 5.27. The van der Waals surface area contributed by atoms with Gasteiger partial charge in [0.2, 0.25) is 0 Å². The highest BCUT2D eigenvalue weighted by molar-refractivity contribution is 14.0. The van der Waals surface area contributed by atoms with Gasteiger partial charge in [-0.1, -0.05) is 18.2 Å². The number of hydrogen-bond acceptors (Lipinski definition) is 4. The fourth-order valence-electron chi connectivity index (χ4n) is 3.96. The van der Waals surface area contributed by atoms with Crippen molar-refractivity contribution >= 4 is 29.9 Å². The normalized spacial score (nSPS) is 27.7. The standard InChI is InChI=1S/C20H29N3O3.HI/c1-2-21-20(22-13-16-12-15-6-3-4-7-17(15)26-16)23-9-11-25-19(14-23)18-8-5-10-24-18;/h3-4,6-7,16,18-19H,2,5,8-14H2,1H3,(H,21,22);1H. The summed E-state index contributed by atoms with van der Waals surface area (Å²) in [6, 6.07) is 8.27. The predicted octanol–water partition coefficient (Wildman–Crippen LogP) is 2.45. The number of guanidine groups is 1. The molecule has 6 nitrogen and oxygen atoms in total. The molecule has 7 heteroatoms. The van der Waals surface area contributed by atoms with E-state index < -0.39 is 0 Å². The van der Waals surface area contributed by atoms with Gasteiger partial charge in [0, 0.05) is 32.7 Å². The summed E-state index contributed by atoms with van der Waals surface area (Å²) in [5.74, 6) is 1.96. The molecule has 0 aromatic heterocycles. The van der Waals surface area contributed by atoms with E-state index in [0.29, 0.717) is 6.54 Å². The highest BCUT2D eigenvalue weighted by Gasteiger charge is 2.32. The van der Waals surface area contributed by atoms with Gasteiger partial charge >= 0.3 is 0 Å². The Morgan fingerprint density at radius 3 is 2.85 bits per heavy atom. The van der Waals surface area contributed by atoms with E-state index in [9.17, 15) is 0 Å². The summed E-state index contributed by atoms with van der Waals surface area (Å²) >= 11 is 0. The van der Waals surface area contributed by atoms with E-state index in [4.69, 9.17) is 19.2 Å². The molecule has 3 heterocycles. The Morgan fingerprint density at radius 2 is 2.07 bits per heavy atom. The van der Waals surface area contributed by atoms with Crippen LogP contribution in [0.3, 0.4) is 0 Å². The average molecular weight is 487 g/mol. The molecular formula is C20H30IN3O3. The number of fused-ring (bicyclic) bond motifs is 1. The number of benzene rings is 1. The molecule has 0 bridgehead atoms. The van der Waals surface area contributed by atoms with E-state index in [0.717, 1.165) is 63.8 Å². The lowest BCUT2D eigenvalue weighted by molar-refractivity contribution is -0.0817. The number of morpholine rings is 1. The van der Waals surface area contributed by atoms with E-state index in [1.165, 1.54) is 5.56 Å². The smallest absolute Gasteiger partial charge is 0.194 e. The molecule has 1 aromatic rings. The summed E-state index contributed by atoms with van der Waals surface area (Å²) in [6.45, 7) is 6.91. The molecular weight excluding hydrogens is 457 g/mol. The van der Waals surface area contributed by atoms with Gasteiger partial charge in [0.15, 0.2) is 5.96 Å². The molecule has 150 valence electrons. The van der Waals surface area contributed by atoms with Crippen molar-refractivity contribution in [3.05, 3.63) is 29.8 Å². The summed E-state index contributed by atoms with van der Waals surface area (Å²) < 4.78 is 17.8. The van der Waals surface area contributed by atoms with Crippen LogP contribution < -0.4 is 10.1 Å². The molecule has 0 amide bonds. The number of para-hydroxylation sites is 1. The van der Waals surface area contributed by atoms with Crippen molar-refractivity contribution in [2.45, 2.75) is 44.5 Å². The zero-order valence-corrected chi connectivity index (χ0v) is 18.3. The van der Waals surface area contributed by atoms with Crippen molar-refractivity contribution in [2.24, 2.45) is 4.99 Å². The lowest BCUT2D eigenvalue weighted by atomic mass is 10.1. The van der Waals surface area contributed by atoms with Crippen LogP contribution in [0.2, 0.25) is 0 Å². The van der Waals surface area contributed by atoms with Crippen LogP contribution in [-0.4, -0.2) is 68.6 Å². The van der Waals surface area contributed by atoms with Crippen molar-refractivity contribution in [1.82, 2.24) is 10.2 Å². The highest BCUT2D eigenvalue weighted by Crippen LogP contribution is 2.28. The van der Waals surface area contributed by atoms with Crippen LogP contribution in [0.25, 0.3) is 0 Å². The summed E-state index contributed by atoms with van der Waals surface area (Å²) in [4.78, 5) is 7.18. The van der Waals surface area contributed by atoms with Crippen LogP contribution >= 0.6 is 24.0 Å². The Kier molecular flexibility index (Phi) is 7.60. The van der Waals surface area contributed by atoms with Gasteiger partial charge in [-0.25, -0.2) is 4.99 Å². The maximum Gasteiger partial charge on any atom is 0.194 e. The van der Waals surface area contributed by atoms with Crippen LogP contribution in [0.1, 0.15) is 25.3 Å². The first-order valence-corrected chi connectivity index (χ1v) is 9.84. The molecule has 3 atom stereocenters. The van der Waals surface area contributed by atoms with Crippen molar-refractivity contribution < 1.29 is 14.2 Å². The van der Waals surface area contributed by atoms with Gasteiger partial charge in [-0.3, -0.25) is 0 Å². The molecule has 3 unspecified atom stereocenters. The molecule has 2 fully saturated rings. The van der Waals surface area contributed by atoms with Crippen LogP contribution in [0.5, 0.6) is 5.75 Å². The SMILES string of the molecule is CCNC(=NCC1Cc2ccccc2O1)N1CCOC(C2CCCO2)C1.I. The Morgan fingerprint density at radius 1 is 1.22 bits per heavy atom.